The molecule has 1 aliphatic heterocycles. The predicted molar refractivity (Wildman–Crippen MR) is 141 cm³/mol. The van der Waals surface area contributed by atoms with E-state index in [1.54, 1.807) is 37.3 Å². The van der Waals surface area contributed by atoms with Crippen LogP contribution in [-0.2, 0) is 4.79 Å². The molecule has 1 amide bonds. The number of methoxy groups -OCH3 is 2. The second-order valence-electron chi connectivity index (χ2n) is 7.88. The molecular formula is C24H29ClN4O3S2. The first-order chi connectivity index (χ1) is 16.6. The van der Waals surface area contributed by atoms with Gasteiger partial charge < -0.3 is 19.7 Å². The topological polar surface area (TPSA) is 66.9 Å². The van der Waals surface area contributed by atoms with Crippen LogP contribution in [0.3, 0.4) is 0 Å². The molecule has 2 heterocycles. The van der Waals surface area contributed by atoms with Crippen molar-refractivity contribution < 1.29 is 14.3 Å². The van der Waals surface area contributed by atoms with E-state index in [2.05, 4.69) is 15.1 Å². The molecule has 0 bridgehead atoms. The predicted octanol–water partition coefficient (Wildman–Crippen LogP) is 4.39. The number of carbonyl (C=O) groups is 1. The second kappa shape index (κ2) is 12.0. The van der Waals surface area contributed by atoms with Crippen LogP contribution in [0.5, 0.6) is 11.5 Å². The van der Waals surface area contributed by atoms with Crippen molar-refractivity contribution in [2.75, 3.05) is 64.1 Å². The largest absolute Gasteiger partial charge is 0.495 e. The van der Waals surface area contributed by atoms with Crippen LogP contribution < -0.4 is 19.7 Å². The van der Waals surface area contributed by atoms with Gasteiger partial charge in [-0.1, -0.05) is 22.9 Å². The second-order valence-corrected chi connectivity index (χ2v) is 10.5. The summed E-state index contributed by atoms with van der Waals surface area (Å²) in [5.74, 6) is 2.43. The van der Waals surface area contributed by atoms with E-state index in [0.29, 0.717) is 13.0 Å². The number of hydrogen-bond donors (Lipinski definition) is 1. The molecule has 0 atom stereocenters. The highest BCUT2D eigenvalue weighted by Crippen LogP contribution is 2.40. The van der Waals surface area contributed by atoms with Gasteiger partial charge in [0, 0.05) is 61.4 Å². The Bertz CT molecular complexity index is 1060. The zero-order chi connectivity index (χ0) is 23.9. The quantitative estimate of drug-likeness (QED) is 0.398. The number of carbonyl (C=O) groups excluding carboxylic acids is 1. The summed E-state index contributed by atoms with van der Waals surface area (Å²) in [6, 6.07) is 11.5. The van der Waals surface area contributed by atoms with Crippen LogP contribution in [0.25, 0.3) is 10.2 Å². The van der Waals surface area contributed by atoms with Gasteiger partial charge in [-0.25, -0.2) is 4.98 Å². The number of rotatable bonds is 10. The molecule has 7 nitrogen and oxygen atoms in total. The number of fused-ring (bicyclic) bond motifs is 1. The maximum atomic E-state index is 12.2. The molecule has 1 N–H and O–H groups in total. The summed E-state index contributed by atoms with van der Waals surface area (Å²) in [6.45, 7) is 5.19. The molecule has 10 heteroatoms. The van der Waals surface area contributed by atoms with E-state index in [0.717, 1.165) is 75.2 Å². The average molecular weight is 521 g/mol. The fourth-order valence-electron chi connectivity index (χ4n) is 3.81. The van der Waals surface area contributed by atoms with E-state index in [-0.39, 0.29) is 5.91 Å². The van der Waals surface area contributed by atoms with E-state index < -0.39 is 0 Å². The number of halogens is 1. The molecule has 4 rings (SSSR count). The minimum Gasteiger partial charge on any atom is -0.495 e. The minimum atomic E-state index is 0.0949. The molecule has 1 aromatic heterocycles. The number of anilines is 1. The summed E-state index contributed by atoms with van der Waals surface area (Å²) in [4.78, 5) is 22.8. The van der Waals surface area contributed by atoms with Gasteiger partial charge >= 0.3 is 0 Å². The number of ether oxygens (including phenoxy) is 2. The van der Waals surface area contributed by atoms with Crippen LogP contribution in [0.15, 0.2) is 41.3 Å². The lowest BCUT2D eigenvalue weighted by Crippen LogP contribution is -2.48. The van der Waals surface area contributed by atoms with Crippen LogP contribution in [0.4, 0.5) is 5.13 Å². The van der Waals surface area contributed by atoms with Crippen molar-refractivity contribution in [2.24, 2.45) is 0 Å². The maximum absolute atomic E-state index is 12.2. The van der Waals surface area contributed by atoms with Crippen molar-refractivity contribution in [3.63, 3.8) is 0 Å². The molecule has 1 fully saturated rings. The molecule has 0 saturated carbocycles. The third-order valence-electron chi connectivity index (χ3n) is 5.70. The van der Waals surface area contributed by atoms with Gasteiger partial charge in [-0.2, -0.15) is 0 Å². The Morgan fingerprint density at radius 3 is 2.50 bits per heavy atom. The fourth-order valence-corrected chi connectivity index (χ4v) is 5.91. The van der Waals surface area contributed by atoms with Crippen molar-refractivity contribution in [3.05, 3.63) is 41.4 Å². The highest BCUT2D eigenvalue weighted by Gasteiger charge is 2.22. The fraction of sp³-hybridized carbons (Fsp3) is 0.417. The zero-order valence-corrected chi connectivity index (χ0v) is 21.8. The summed E-state index contributed by atoms with van der Waals surface area (Å²) < 4.78 is 12.0. The lowest BCUT2D eigenvalue weighted by Gasteiger charge is -2.34. The number of benzene rings is 2. The lowest BCUT2D eigenvalue weighted by molar-refractivity contribution is -0.120. The summed E-state index contributed by atoms with van der Waals surface area (Å²) in [7, 11) is 3.34. The van der Waals surface area contributed by atoms with Gasteiger partial charge in [0.25, 0.3) is 0 Å². The Labute approximate surface area is 213 Å². The van der Waals surface area contributed by atoms with Crippen LogP contribution in [0.1, 0.15) is 6.42 Å². The average Bonchev–Trinajstić information content (AvgIpc) is 3.31. The number of piperazine rings is 1. The Morgan fingerprint density at radius 2 is 1.79 bits per heavy atom. The molecule has 0 radical (unpaired) electrons. The van der Waals surface area contributed by atoms with Crippen molar-refractivity contribution in [2.45, 2.75) is 11.3 Å². The summed E-state index contributed by atoms with van der Waals surface area (Å²) in [5.41, 5.74) is 0.848. The molecule has 1 aliphatic rings. The van der Waals surface area contributed by atoms with Crippen LogP contribution >= 0.6 is 34.7 Å². The molecule has 1 saturated heterocycles. The standard InChI is InChI=1S/C24H29ClN4O3S2/c1-31-19-7-8-20(32-2)23-22(19)27-24(34-23)29-14-12-28(13-15-29)11-10-26-21(30)9-16-33-18-5-3-17(25)4-6-18/h3-8H,9-16H2,1-2H3,(H,26,30). The number of amides is 1. The van der Waals surface area contributed by atoms with Gasteiger partial charge in [0.05, 0.1) is 14.2 Å². The first-order valence-corrected chi connectivity index (χ1v) is 13.4. The monoisotopic (exact) mass is 520 g/mol. The van der Waals surface area contributed by atoms with Gasteiger partial charge in [0.1, 0.15) is 21.7 Å². The summed E-state index contributed by atoms with van der Waals surface area (Å²) in [5, 5.41) is 4.76. The summed E-state index contributed by atoms with van der Waals surface area (Å²) in [6.07, 6.45) is 0.506. The molecule has 0 spiro atoms. The number of thiazole rings is 1. The van der Waals surface area contributed by atoms with Gasteiger partial charge in [0.2, 0.25) is 5.91 Å². The van der Waals surface area contributed by atoms with E-state index >= 15 is 0 Å². The Balaban J connectivity index is 1.19. The number of nitrogens with one attached hydrogen (secondary N) is 1. The molecule has 0 aliphatic carbocycles. The highest BCUT2D eigenvalue weighted by molar-refractivity contribution is 7.99. The maximum Gasteiger partial charge on any atom is 0.220 e. The van der Waals surface area contributed by atoms with Crippen molar-refractivity contribution >= 4 is 56.0 Å². The van der Waals surface area contributed by atoms with Gasteiger partial charge in [-0.05, 0) is 36.4 Å². The van der Waals surface area contributed by atoms with Crippen molar-refractivity contribution in [3.8, 4) is 11.5 Å². The number of nitrogens with zero attached hydrogens (tertiary/aromatic N) is 3. The third-order valence-corrected chi connectivity index (χ3v) is 8.10. The van der Waals surface area contributed by atoms with Gasteiger partial charge in [-0.15, -0.1) is 11.8 Å². The first kappa shape index (κ1) is 24.9. The van der Waals surface area contributed by atoms with Gasteiger partial charge in [0.15, 0.2) is 5.13 Å². The van der Waals surface area contributed by atoms with Crippen molar-refractivity contribution in [1.29, 1.82) is 0 Å². The molecule has 182 valence electrons. The zero-order valence-electron chi connectivity index (χ0n) is 19.4. The Hall–Kier alpha value is -2.20. The lowest BCUT2D eigenvalue weighted by atomic mass is 10.3. The Kier molecular flexibility index (Phi) is 8.77. The van der Waals surface area contributed by atoms with Crippen LogP contribution in [-0.4, -0.2) is 75.0 Å². The third kappa shape index (κ3) is 6.27. The molecule has 2 aromatic carbocycles. The normalized spacial score (nSPS) is 14.4. The Morgan fingerprint density at radius 1 is 1.09 bits per heavy atom. The molecular weight excluding hydrogens is 492 g/mol. The van der Waals surface area contributed by atoms with E-state index in [1.165, 1.54) is 0 Å². The van der Waals surface area contributed by atoms with E-state index in [4.69, 9.17) is 26.1 Å². The first-order valence-electron chi connectivity index (χ1n) is 11.2. The van der Waals surface area contributed by atoms with Gasteiger partial charge in [-0.3, -0.25) is 9.69 Å². The number of thioether (sulfide) groups is 1. The summed E-state index contributed by atoms with van der Waals surface area (Å²) >= 11 is 9.21. The smallest absolute Gasteiger partial charge is 0.220 e. The highest BCUT2D eigenvalue weighted by atomic mass is 35.5. The van der Waals surface area contributed by atoms with Crippen molar-refractivity contribution in [1.82, 2.24) is 15.2 Å². The number of aromatic nitrogens is 1. The molecule has 3 aromatic rings. The molecule has 34 heavy (non-hydrogen) atoms. The number of hydrogen-bond acceptors (Lipinski definition) is 8. The SMILES string of the molecule is COc1ccc(OC)c2sc(N3CCN(CCNC(=O)CCSc4ccc(Cl)cc4)CC3)nc12. The van der Waals surface area contributed by atoms with Crippen LogP contribution in [0.2, 0.25) is 5.02 Å². The molecule has 0 unspecified atom stereocenters. The van der Waals surface area contributed by atoms with E-state index in [9.17, 15) is 4.79 Å². The van der Waals surface area contributed by atoms with Crippen LogP contribution in [0, 0.1) is 0 Å². The van der Waals surface area contributed by atoms with E-state index in [1.807, 2.05) is 36.4 Å². The minimum absolute atomic E-state index is 0.0949.